The van der Waals surface area contributed by atoms with E-state index < -0.39 is 53.1 Å². The lowest BCUT2D eigenvalue weighted by atomic mass is 9.83. The predicted octanol–water partition coefficient (Wildman–Crippen LogP) is 2.52. The van der Waals surface area contributed by atoms with Crippen LogP contribution >= 0.6 is 0 Å². The lowest BCUT2D eigenvalue weighted by molar-refractivity contribution is -0.145. The number of rotatable bonds is 13. The van der Waals surface area contributed by atoms with Crippen LogP contribution in [0.1, 0.15) is 92.4 Å². The largest absolute Gasteiger partial charge is 0.346 e. The van der Waals surface area contributed by atoms with Crippen molar-refractivity contribution in [3.05, 3.63) is 12.7 Å². The van der Waals surface area contributed by atoms with Gasteiger partial charge in [-0.15, -0.1) is 18.9 Å². The van der Waals surface area contributed by atoms with Crippen molar-refractivity contribution in [3.63, 3.8) is 0 Å². The molecule has 0 aromatic carbocycles. The summed E-state index contributed by atoms with van der Waals surface area (Å²) in [6, 6.07) is -3.87. The summed E-state index contributed by atoms with van der Waals surface area (Å²) >= 11 is 0. The summed E-state index contributed by atoms with van der Waals surface area (Å²) < 4.78 is 0. The first kappa shape index (κ1) is 37.9. The fourth-order valence-electron chi connectivity index (χ4n) is 8.10. The molecule has 2 aliphatic carbocycles. The highest BCUT2D eigenvalue weighted by molar-refractivity contribution is 6.38. The van der Waals surface area contributed by atoms with Gasteiger partial charge in [0, 0.05) is 39.0 Å². The van der Waals surface area contributed by atoms with E-state index in [4.69, 9.17) is 6.42 Å². The van der Waals surface area contributed by atoms with Gasteiger partial charge in [0.05, 0.1) is 6.04 Å². The predicted molar refractivity (Wildman–Crippen MR) is 186 cm³/mol. The van der Waals surface area contributed by atoms with E-state index in [2.05, 4.69) is 33.8 Å². The lowest BCUT2D eigenvalue weighted by Crippen LogP contribution is -2.62. The Morgan fingerprint density at radius 3 is 2.35 bits per heavy atom. The Balaban J connectivity index is 1.51. The summed E-state index contributed by atoms with van der Waals surface area (Å²) in [5.74, 6) is -0.120. The van der Waals surface area contributed by atoms with Crippen LogP contribution < -0.4 is 21.3 Å². The summed E-state index contributed by atoms with van der Waals surface area (Å²) in [6.45, 7) is 14.7. The summed E-state index contributed by atoms with van der Waals surface area (Å²) in [4.78, 5) is 83.5. The molecule has 4 rings (SSSR count). The third-order valence-corrected chi connectivity index (χ3v) is 11.1. The molecule has 2 heterocycles. The SMILES string of the molecule is C#CCC(NC(=O)[C@@H]1[C@@H]2[C@H](CN1C(=O)[C@@H](NC(=O)N[C@H](CN1CCCCC1=O)C1CCCCC1)C(C)(C)C)C2(C)C)C(=O)C(=O)NCC=C. The van der Waals surface area contributed by atoms with Gasteiger partial charge in [-0.3, -0.25) is 24.0 Å². The number of Topliss-reactive ketones (excluding diaryl/α,β-unsaturated/α-hetero) is 1. The van der Waals surface area contributed by atoms with Crippen molar-refractivity contribution >= 4 is 35.4 Å². The number of ketones is 1. The van der Waals surface area contributed by atoms with Gasteiger partial charge in [0.2, 0.25) is 23.5 Å². The Bertz CT molecular complexity index is 1340. The Morgan fingerprint density at radius 2 is 1.73 bits per heavy atom. The standard InChI is InChI=1S/C37H56N6O6/c1-8-15-25(30(45)33(47)38-19-9-2)39-32(46)29-28-24(37(28,6)7)21-43(29)34(48)31(36(3,4)5)41-35(49)40-26(23-16-11-10-12-17-23)22-42-20-14-13-18-27(42)44/h1,9,23-26,28-29,31H,2,10-22H2,3-7H3,(H,38,47)(H,39,46)(H2,40,41,49)/t24-,25?,26+,28-,29-,31+/m0/s1. The molecule has 0 radical (unpaired) electrons. The van der Waals surface area contributed by atoms with Crippen molar-refractivity contribution in [2.45, 2.75) is 117 Å². The van der Waals surface area contributed by atoms with E-state index in [1.165, 1.54) is 11.0 Å². The van der Waals surface area contributed by atoms with E-state index in [0.29, 0.717) is 26.1 Å². The Kier molecular flexibility index (Phi) is 12.2. The monoisotopic (exact) mass is 680 g/mol. The zero-order valence-corrected chi connectivity index (χ0v) is 29.9. The van der Waals surface area contributed by atoms with Gasteiger partial charge in [0.1, 0.15) is 18.1 Å². The van der Waals surface area contributed by atoms with Crippen LogP contribution in [-0.2, 0) is 24.0 Å². The van der Waals surface area contributed by atoms with Crippen LogP contribution in [0.15, 0.2) is 12.7 Å². The van der Waals surface area contributed by atoms with Crippen molar-refractivity contribution in [3.8, 4) is 12.3 Å². The fourth-order valence-corrected chi connectivity index (χ4v) is 8.10. The zero-order valence-electron chi connectivity index (χ0n) is 29.9. The van der Waals surface area contributed by atoms with Gasteiger partial charge in [0.25, 0.3) is 5.91 Å². The Morgan fingerprint density at radius 1 is 1.04 bits per heavy atom. The maximum absolute atomic E-state index is 14.4. The van der Waals surface area contributed by atoms with Gasteiger partial charge in [-0.1, -0.05) is 60.0 Å². The van der Waals surface area contributed by atoms with Crippen molar-refractivity contribution in [1.82, 2.24) is 31.1 Å². The molecule has 0 spiro atoms. The molecule has 4 fully saturated rings. The number of piperidine rings is 2. The van der Waals surface area contributed by atoms with Crippen LogP contribution in [0.5, 0.6) is 0 Å². The summed E-state index contributed by atoms with van der Waals surface area (Å²) in [5.41, 5.74) is -0.932. The van der Waals surface area contributed by atoms with Crippen molar-refractivity contribution < 1.29 is 28.8 Å². The van der Waals surface area contributed by atoms with Crippen molar-refractivity contribution in [1.29, 1.82) is 0 Å². The number of carbonyl (C=O) groups excluding carboxylic acids is 6. The molecule has 2 saturated carbocycles. The minimum Gasteiger partial charge on any atom is -0.346 e. The zero-order chi connectivity index (χ0) is 36.1. The number of likely N-dealkylation sites (tertiary alicyclic amines) is 2. The topological polar surface area (TPSA) is 157 Å². The molecule has 49 heavy (non-hydrogen) atoms. The molecule has 0 aromatic heterocycles. The van der Waals surface area contributed by atoms with E-state index in [1.54, 1.807) is 0 Å². The molecule has 270 valence electrons. The molecule has 1 unspecified atom stereocenters. The molecule has 6 atom stereocenters. The summed E-state index contributed by atoms with van der Waals surface area (Å²) in [5, 5.41) is 11.2. The van der Waals surface area contributed by atoms with Gasteiger partial charge in [0.15, 0.2) is 0 Å². The minimum absolute atomic E-state index is 0.0529. The van der Waals surface area contributed by atoms with Crippen molar-refractivity contribution in [2.24, 2.45) is 28.6 Å². The number of urea groups is 1. The first-order chi connectivity index (χ1) is 23.1. The number of terminal acetylenes is 1. The van der Waals surface area contributed by atoms with Crippen LogP contribution in [0.3, 0.4) is 0 Å². The molecule has 4 N–H and O–H groups in total. The quantitative estimate of drug-likeness (QED) is 0.133. The van der Waals surface area contributed by atoms with E-state index in [1.807, 2.05) is 39.5 Å². The first-order valence-corrected chi connectivity index (χ1v) is 17.9. The molecule has 4 aliphatic rings. The minimum atomic E-state index is -1.26. The number of nitrogens with one attached hydrogen (secondary N) is 4. The second kappa shape index (κ2) is 15.8. The lowest BCUT2D eigenvalue weighted by Gasteiger charge is -2.39. The third kappa shape index (κ3) is 8.84. The van der Waals surface area contributed by atoms with Crippen molar-refractivity contribution in [2.75, 3.05) is 26.2 Å². The van der Waals surface area contributed by atoms with Gasteiger partial charge in [-0.05, 0) is 54.3 Å². The van der Waals surface area contributed by atoms with Crippen LogP contribution in [0.4, 0.5) is 4.79 Å². The van der Waals surface area contributed by atoms with Crippen LogP contribution in [0, 0.1) is 40.9 Å². The van der Waals surface area contributed by atoms with Gasteiger partial charge < -0.3 is 31.1 Å². The molecule has 12 nitrogen and oxygen atoms in total. The average Bonchev–Trinajstić information content (AvgIpc) is 3.36. The number of carbonyl (C=O) groups is 6. The normalized spacial score (nSPS) is 25.1. The van der Waals surface area contributed by atoms with Gasteiger partial charge in [-0.2, -0.15) is 0 Å². The number of amides is 6. The van der Waals surface area contributed by atoms with Crippen LogP contribution in [0.2, 0.25) is 0 Å². The number of fused-ring (bicyclic) bond motifs is 1. The molecule has 0 bridgehead atoms. The smallest absolute Gasteiger partial charge is 0.315 e. The van der Waals surface area contributed by atoms with Crippen LogP contribution in [0.25, 0.3) is 0 Å². The average molecular weight is 681 g/mol. The molecule has 0 aromatic rings. The van der Waals surface area contributed by atoms with E-state index in [0.717, 1.165) is 44.9 Å². The third-order valence-electron chi connectivity index (χ3n) is 11.1. The number of nitrogens with zero attached hydrogens (tertiary/aromatic N) is 2. The molecule has 2 saturated heterocycles. The molecule has 12 heteroatoms. The maximum atomic E-state index is 14.4. The highest BCUT2D eigenvalue weighted by Gasteiger charge is 2.70. The summed E-state index contributed by atoms with van der Waals surface area (Å²) in [6.07, 6.45) is 14.3. The molecular weight excluding hydrogens is 624 g/mol. The Hall–Kier alpha value is -3.88. The highest BCUT2D eigenvalue weighted by Crippen LogP contribution is 2.65. The second-order valence-electron chi connectivity index (χ2n) is 15.9. The molecule has 6 amide bonds. The molecular formula is C37H56N6O6. The maximum Gasteiger partial charge on any atom is 0.315 e. The van der Waals surface area contributed by atoms with Gasteiger partial charge in [-0.25, -0.2) is 4.79 Å². The van der Waals surface area contributed by atoms with Gasteiger partial charge >= 0.3 is 6.03 Å². The molecule has 2 aliphatic heterocycles. The first-order valence-electron chi connectivity index (χ1n) is 17.9. The number of hydrogen-bond donors (Lipinski definition) is 4. The number of hydrogen-bond acceptors (Lipinski definition) is 6. The van der Waals surface area contributed by atoms with E-state index in [-0.39, 0.29) is 48.1 Å². The van der Waals surface area contributed by atoms with Crippen LogP contribution in [-0.4, -0.2) is 95.6 Å². The fraction of sp³-hybridized carbons (Fsp3) is 0.730. The highest BCUT2D eigenvalue weighted by atomic mass is 16.2. The second-order valence-corrected chi connectivity index (χ2v) is 15.9. The van der Waals surface area contributed by atoms with E-state index >= 15 is 0 Å². The Labute approximate surface area is 291 Å². The van der Waals surface area contributed by atoms with E-state index in [9.17, 15) is 28.8 Å². The summed E-state index contributed by atoms with van der Waals surface area (Å²) in [7, 11) is 0.